The third kappa shape index (κ3) is 5.57. The molecule has 5 nitrogen and oxygen atoms in total. The molecule has 0 fully saturated rings. The Labute approximate surface area is 159 Å². The van der Waals surface area contributed by atoms with Gasteiger partial charge in [-0.15, -0.1) is 0 Å². The van der Waals surface area contributed by atoms with Crippen LogP contribution in [-0.2, 0) is 4.79 Å². The van der Waals surface area contributed by atoms with Gasteiger partial charge in [0.1, 0.15) is 11.6 Å². The molecule has 1 amide bonds. The molecular weight excluding hydrogens is 338 g/mol. The number of hydrogen-bond donors (Lipinski definition) is 2. The first-order chi connectivity index (χ1) is 13.0. The molecule has 2 N–H and O–H groups in total. The first-order valence-electron chi connectivity index (χ1n) is 8.79. The summed E-state index contributed by atoms with van der Waals surface area (Å²) in [6.07, 6.45) is 1.69. The highest BCUT2D eigenvalue weighted by atomic mass is 16.5. The van der Waals surface area contributed by atoms with Crippen LogP contribution in [-0.4, -0.2) is 17.5 Å². The van der Waals surface area contributed by atoms with E-state index in [0.717, 1.165) is 16.9 Å². The van der Waals surface area contributed by atoms with Crippen molar-refractivity contribution in [2.45, 2.75) is 20.8 Å². The van der Waals surface area contributed by atoms with Gasteiger partial charge in [-0.3, -0.25) is 4.79 Å². The zero-order valence-corrected chi connectivity index (χ0v) is 15.7. The molecule has 0 saturated heterocycles. The second-order valence-electron chi connectivity index (χ2n) is 6.58. The Hall–Kier alpha value is -3.34. The number of benzene rings is 2. The lowest BCUT2D eigenvalue weighted by Crippen LogP contribution is -2.20. The lowest BCUT2D eigenvalue weighted by atomic mass is 10.1. The second-order valence-corrected chi connectivity index (χ2v) is 6.58. The zero-order valence-electron chi connectivity index (χ0n) is 15.7. The van der Waals surface area contributed by atoms with Gasteiger partial charge in [0.05, 0.1) is 11.9 Å². The number of anilines is 3. The van der Waals surface area contributed by atoms with Gasteiger partial charge >= 0.3 is 0 Å². The van der Waals surface area contributed by atoms with Crippen molar-refractivity contribution in [3.8, 4) is 5.75 Å². The Balaban J connectivity index is 1.53. The van der Waals surface area contributed by atoms with Crippen LogP contribution in [0.4, 0.5) is 17.2 Å². The summed E-state index contributed by atoms with van der Waals surface area (Å²) in [6.45, 7) is 6.07. The fraction of sp³-hybridized carbons (Fsp3) is 0.182. The molecule has 1 aromatic heterocycles. The predicted octanol–water partition coefficient (Wildman–Crippen LogP) is 4.77. The third-order valence-corrected chi connectivity index (χ3v) is 3.93. The molecule has 3 aromatic rings. The minimum absolute atomic E-state index is 0.0622. The van der Waals surface area contributed by atoms with Crippen LogP contribution in [0.2, 0.25) is 0 Å². The quantitative estimate of drug-likeness (QED) is 0.664. The number of rotatable bonds is 6. The van der Waals surface area contributed by atoms with E-state index < -0.39 is 0 Å². The van der Waals surface area contributed by atoms with Crippen molar-refractivity contribution in [1.82, 2.24) is 4.98 Å². The normalized spacial score (nSPS) is 10.3. The van der Waals surface area contributed by atoms with Crippen LogP contribution < -0.4 is 15.4 Å². The number of carbonyl (C=O) groups excluding carboxylic acids is 1. The summed E-state index contributed by atoms with van der Waals surface area (Å²) in [7, 11) is 0. The van der Waals surface area contributed by atoms with Gasteiger partial charge < -0.3 is 15.4 Å². The number of hydrogen-bond acceptors (Lipinski definition) is 4. The molecule has 27 heavy (non-hydrogen) atoms. The largest absolute Gasteiger partial charge is 0.484 e. The monoisotopic (exact) mass is 361 g/mol. The van der Waals surface area contributed by atoms with Crippen molar-refractivity contribution >= 4 is 23.1 Å². The number of pyridine rings is 1. The predicted molar refractivity (Wildman–Crippen MR) is 109 cm³/mol. The summed E-state index contributed by atoms with van der Waals surface area (Å²) in [5, 5.41) is 6.05. The fourth-order valence-corrected chi connectivity index (χ4v) is 2.72. The molecule has 0 aliphatic rings. The molecule has 138 valence electrons. The SMILES string of the molecule is Cc1ccc(OCC(=O)Nc2ccc(Nc3cc(C)cc(C)c3)cn2)cc1. The Bertz CT molecular complexity index is 899. The summed E-state index contributed by atoms with van der Waals surface area (Å²) in [5.41, 5.74) is 5.41. The molecule has 2 aromatic carbocycles. The molecule has 0 spiro atoms. The van der Waals surface area contributed by atoms with Crippen LogP contribution in [0, 0.1) is 20.8 Å². The Morgan fingerprint density at radius 3 is 2.22 bits per heavy atom. The molecule has 1 heterocycles. The van der Waals surface area contributed by atoms with E-state index in [4.69, 9.17) is 4.74 Å². The lowest BCUT2D eigenvalue weighted by molar-refractivity contribution is -0.118. The van der Waals surface area contributed by atoms with E-state index in [0.29, 0.717) is 11.6 Å². The van der Waals surface area contributed by atoms with Crippen molar-refractivity contribution in [2.24, 2.45) is 0 Å². The van der Waals surface area contributed by atoms with Crippen molar-refractivity contribution in [1.29, 1.82) is 0 Å². The average molecular weight is 361 g/mol. The maximum atomic E-state index is 12.0. The molecule has 0 saturated carbocycles. The van der Waals surface area contributed by atoms with Crippen molar-refractivity contribution in [3.63, 3.8) is 0 Å². The fourth-order valence-electron chi connectivity index (χ4n) is 2.72. The second kappa shape index (κ2) is 8.36. The van der Waals surface area contributed by atoms with E-state index in [1.807, 2.05) is 37.3 Å². The standard InChI is InChI=1S/C22H23N3O2/c1-15-4-7-20(8-5-15)27-14-22(26)25-21-9-6-18(13-23-21)24-19-11-16(2)10-17(3)12-19/h4-13,24H,14H2,1-3H3,(H,23,25,26). The minimum atomic E-state index is -0.252. The molecule has 0 unspecified atom stereocenters. The summed E-state index contributed by atoms with van der Waals surface area (Å²) in [4.78, 5) is 16.3. The summed E-state index contributed by atoms with van der Waals surface area (Å²) in [6, 6.07) is 17.5. The number of carbonyl (C=O) groups is 1. The summed E-state index contributed by atoms with van der Waals surface area (Å²) >= 11 is 0. The lowest BCUT2D eigenvalue weighted by Gasteiger charge is -2.10. The van der Waals surface area contributed by atoms with Gasteiger partial charge in [0, 0.05) is 5.69 Å². The number of aromatic nitrogens is 1. The molecular formula is C22H23N3O2. The van der Waals surface area contributed by atoms with Crippen LogP contribution in [0.15, 0.2) is 60.8 Å². The number of nitrogens with one attached hydrogen (secondary N) is 2. The highest BCUT2D eigenvalue weighted by Gasteiger charge is 2.05. The molecule has 0 aliphatic heterocycles. The number of amides is 1. The topological polar surface area (TPSA) is 63.2 Å². The van der Waals surface area contributed by atoms with E-state index in [9.17, 15) is 4.79 Å². The van der Waals surface area contributed by atoms with Gasteiger partial charge in [0.15, 0.2) is 6.61 Å². The van der Waals surface area contributed by atoms with E-state index in [2.05, 4.69) is 47.7 Å². The maximum Gasteiger partial charge on any atom is 0.263 e. The Morgan fingerprint density at radius 1 is 0.889 bits per heavy atom. The third-order valence-electron chi connectivity index (χ3n) is 3.93. The molecule has 0 aliphatic carbocycles. The van der Waals surface area contributed by atoms with E-state index >= 15 is 0 Å². The van der Waals surface area contributed by atoms with E-state index in [1.54, 1.807) is 12.3 Å². The van der Waals surface area contributed by atoms with Crippen LogP contribution in [0.1, 0.15) is 16.7 Å². The molecule has 3 rings (SSSR count). The number of ether oxygens (including phenoxy) is 1. The van der Waals surface area contributed by atoms with Crippen LogP contribution in [0.3, 0.4) is 0 Å². The molecule has 0 radical (unpaired) electrons. The van der Waals surface area contributed by atoms with Gasteiger partial charge in [0.2, 0.25) is 0 Å². The molecule has 0 bridgehead atoms. The first-order valence-corrected chi connectivity index (χ1v) is 8.79. The average Bonchev–Trinajstić information content (AvgIpc) is 2.62. The van der Waals surface area contributed by atoms with Gasteiger partial charge in [-0.25, -0.2) is 4.98 Å². The zero-order chi connectivity index (χ0) is 19.2. The van der Waals surface area contributed by atoms with Gasteiger partial charge in [0.25, 0.3) is 5.91 Å². The highest BCUT2D eigenvalue weighted by Crippen LogP contribution is 2.20. The molecule has 0 atom stereocenters. The van der Waals surface area contributed by atoms with Crippen LogP contribution in [0.25, 0.3) is 0 Å². The van der Waals surface area contributed by atoms with Gasteiger partial charge in [-0.2, -0.15) is 0 Å². The highest BCUT2D eigenvalue weighted by molar-refractivity contribution is 5.91. The number of nitrogens with zero attached hydrogens (tertiary/aromatic N) is 1. The van der Waals surface area contributed by atoms with Crippen molar-refractivity contribution in [3.05, 3.63) is 77.5 Å². The van der Waals surface area contributed by atoms with Gasteiger partial charge in [-0.05, 0) is 68.3 Å². The van der Waals surface area contributed by atoms with E-state index in [-0.39, 0.29) is 12.5 Å². The Morgan fingerprint density at radius 2 is 1.59 bits per heavy atom. The van der Waals surface area contributed by atoms with Crippen LogP contribution >= 0.6 is 0 Å². The van der Waals surface area contributed by atoms with Crippen molar-refractivity contribution in [2.75, 3.05) is 17.2 Å². The van der Waals surface area contributed by atoms with Gasteiger partial charge in [-0.1, -0.05) is 23.8 Å². The summed E-state index contributed by atoms with van der Waals surface area (Å²) < 4.78 is 5.47. The summed E-state index contributed by atoms with van der Waals surface area (Å²) in [5.74, 6) is 0.897. The smallest absolute Gasteiger partial charge is 0.263 e. The Kier molecular flexibility index (Phi) is 5.71. The van der Waals surface area contributed by atoms with Crippen molar-refractivity contribution < 1.29 is 9.53 Å². The van der Waals surface area contributed by atoms with Crippen LogP contribution in [0.5, 0.6) is 5.75 Å². The number of aryl methyl sites for hydroxylation is 3. The van der Waals surface area contributed by atoms with E-state index in [1.165, 1.54) is 11.1 Å². The molecule has 5 heteroatoms. The first kappa shape index (κ1) is 18.5. The maximum absolute atomic E-state index is 12.0. The minimum Gasteiger partial charge on any atom is -0.484 e.